The molecule has 0 saturated heterocycles. The fourth-order valence-corrected chi connectivity index (χ4v) is 1.44. The number of hydrogen-bond acceptors (Lipinski definition) is 3. The second-order valence-corrected chi connectivity index (χ2v) is 3.88. The van der Waals surface area contributed by atoms with Crippen LogP contribution in [0.2, 0.25) is 0 Å². The molecule has 3 amide bonds. The Morgan fingerprint density at radius 3 is 2.50 bits per heavy atom. The zero-order valence-electron chi connectivity index (χ0n) is 10.6. The molecule has 106 valence electrons. The van der Waals surface area contributed by atoms with Crippen LogP contribution in [0.5, 0.6) is 0 Å². The van der Waals surface area contributed by atoms with Crippen molar-refractivity contribution in [3.8, 4) is 0 Å². The van der Waals surface area contributed by atoms with E-state index in [9.17, 15) is 18.8 Å². The number of carbonyl (C=O) groups excluding carboxylic acids is 2. The van der Waals surface area contributed by atoms with E-state index in [1.54, 1.807) is 13.0 Å². The average Bonchev–Trinajstić information content (AvgIpc) is 2.36. The molecule has 3 N–H and O–H groups in total. The Kier molecular flexibility index (Phi) is 5.40. The third-order valence-electron chi connectivity index (χ3n) is 2.33. The minimum Gasteiger partial charge on any atom is -0.478 e. The number of amides is 3. The predicted molar refractivity (Wildman–Crippen MR) is 68.3 cm³/mol. The fraction of sp³-hybridized carbons (Fsp3) is 0.154. The molecule has 1 aromatic rings. The quantitative estimate of drug-likeness (QED) is 0.725. The van der Waals surface area contributed by atoms with Gasteiger partial charge in [-0.2, -0.15) is 0 Å². The minimum atomic E-state index is -1.31. The summed E-state index contributed by atoms with van der Waals surface area (Å²) in [6.45, 7) is 1.55. The molecule has 0 aliphatic heterocycles. The molecular weight excluding hydrogens is 267 g/mol. The van der Waals surface area contributed by atoms with Gasteiger partial charge in [-0.25, -0.2) is 14.0 Å². The minimum absolute atomic E-state index is 0.274. The van der Waals surface area contributed by atoms with Gasteiger partial charge in [0.25, 0.3) is 5.91 Å². The van der Waals surface area contributed by atoms with Gasteiger partial charge in [0.15, 0.2) is 0 Å². The molecular formula is C13H13FN2O4. The number of aliphatic carboxylic acids is 1. The molecule has 0 fully saturated rings. The van der Waals surface area contributed by atoms with Gasteiger partial charge in [-0.05, 0) is 13.0 Å². The fourth-order valence-electron chi connectivity index (χ4n) is 1.44. The van der Waals surface area contributed by atoms with Crippen molar-refractivity contribution in [1.82, 2.24) is 10.6 Å². The van der Waals surface area contributed by atoms with Gasteiger partial charge < -0.3 is 10.4 Å². The summed E-state index contributed by atoms with van der Waals surface area (Å²) in [6.07, 6.45) is 1.30. The van der Waals surface area contributed by atoms with E-state index in [1.165, 1.54) is 18.2 Å². The molecule has 0 spiro atoms. The summed E-state index contributed by atoms with van der Waals surface area (Å²) < 4.78 is 13.4. The van der Waals surface area contributed by atoms with Gasteiger partial charge in [-0.3, -0.25) is 10.1 Å². The number of carboxylic acid groups (broad SMARTS) is 1. The maximum atomic E-state index is 13.4. The second-order valence-electron chi connectivity index (χ2n) is 3.88. The zero-order chi connectivity index (χ0) is 15.1. The smallest absolute Gasteiger partial charge is 0.328 e. The summed E-state index contributed by atoms with van der Waals surface area (Å²) in [5.41, 5.74) is 0.274. The monoisotopic (exact) mass is 280 g/mol. The number of nitrogens with one attached hydrogen (secondary N) is 2. The van der Waals surface area contributed by atoms with E-state index < -0.39 is 29.8 Å². The van der Waals surface area contributed by atoms with E-state index >= 15 is 0 Å². The van der Waals surface area contributed by atoms with E-state index in [0.29, 0.717) is 12.2 Å². The number of halogens is 1. The van der Waals surface area contributed by atoms with Crippen LogP contribution in [-0.2, 0) is 9.59 Å². The van der Waals surface area contributed by atoms with Crippen molar-refractivity contribution in [1.29, 1.82) is 0 Å². The van der Waals surface area contributed by atoms with E-state index in [-0.39, 0.29) is 5.56 Å². The standard InChI is InChI=1S/C13H13FN2O4/c1-8(9-4-2-3-5-10(9)14)15-13(20)16-11(17)6-7-12(18)19/h2-8H,1H3,(H,18,19)(H2,15,16,17,20). The molecule has 6 nitrogen and oxygen atoms in total. The molecule has 7 heteroatoms. The van der Waals surface area contributed by atoms with Gasteiger partial charge in [0.1, 0.15) is 5.82 Å². The first-order valence-corrected chi connectivity index (χ1v) is 5.67. The highest BCUT2D eigenvalue weighted by Crippen LogP contribution is 2.15. The van der Waals surface area contributed by atoms with Crippen LogP contribution in [0.3, 0.4) is 0 Å². The topological polar surface area (TPSA) is 95.5 Å². The normalized spacial score (nSPS) is 11.9. The molecule has 0 aromatic heterocycles. The van der Waals surface area contributed by atoms with Gasteiger partial charge in [-0.15, -0.1) is 0 Å². The van der Waals surface area contributed by atoms with Crippen LogP contribution in [0.4, 0.5) is 9.18 Å². The van der Waals surface area contributed by atoms with E-state index in [0.717, 1.165) is 0 Å². The maximum absolute atomic E-state index is 13.4. The molecule has 0 bridgehead atoms. The van der Waals surface area contributed by atoms with Crippen molar-refractivity contribution in [2.75, 3.05) is 0 Å². The predicted octanol–water partition coefficient (Wildman–Crippen LogP) is 1.35. The number of imide groups is 1. The summed E-state index contributed by atoms with van der Waals surface area (Å²) in [5.74, 6) is -2.66. The van der Waals surface area contributed by atoms with Crippen molar-refractivity contribution in [3.63, 3.8) is 0 Å². The maximum Gasteiger partial charge on any atom is 0.328 e. The Balaban J connectivity index is 2.57. The lowest BCUT2D eigenvalue weighted by atomic mass is 10.1. The highest BCUT2D eigenvalue weighted by molar-refractivity contribution is 6.02. The van der Waals surface area contributed by atoms with Gasteiger partial charge in [0.2, 0.25) is 0 Å². The first-order valence-electron chi connectivity index (χ1n) is 5.67. The first kappa shape index (κ1) is 15.4. The molecule has 1 aromatic carbocycles. The summed E-state index contributed by atoms with van der Waals surface area (Å²) in [5, 5.41) is 12.6. The van der Waals surface area contributed by atoms with Crippen molar-refractivity contribution in [2.45, 2.75) is 13.0 Å². The van der Waals surface area contributed by atoms with Crippen LogP contribution in [0, 0.1) is 5.82 Å². The summed E-state index contributed by atoms with van der Waals surface area (Å²) >= 11 is 0. The average molecular weight is 280 g/mol. The lowest BCUT2D eigenvalue weighted by molar-refractivity contribution is -0.131. The molecule has 0 aliphatic rings. The zero-order valence-corrected chi connectivity index (χ0v) is 10.6. The summed E-state index contributed by atoms with van der Waals surface area (Å²) in [6, 6.07) is 4.41. The van der Waals surface area contributed by atoms with Crippen LogP contribution < -0.4 is 10.6 Å². The SMILES string of the molecule is CC(NC(=O)NC(=O)C=CC(=O)O)c1ccccc1F. The highest BCUT2D eigenvalue weighted by atomic mass is 19.1. The Morgan fingerprint density at radius 2 is 1.90 bits per heavy atom. The van der Waals surface area contributed by atoms with Gasteiger partial charge >= 0.3 is 12.0 Å². The van der Waals surface area contributed by atoms with Crippen molar-refractivity contribution < 1.29 is 23.9 Å². The van der Waals surface area contributed by atoms with Gasteiger partial charge in [0.05, 0.1) is 6.04 Å². The van der Waals surface area contributed by atoms with Crippen LogP contribution in [0.1, 0.15) is 18.5 Å². The molecule has 1 rings (SSSR count). The number of benzene rings is 1. The van der Waals surface area contributed by atoms with Crippen LogP contribution >= 0.6 is 0 Å². The number of carbonyl (C=O) groups is 3. The molecule has 0 radical (unpaired) electrons. The molecule has 1 atom stereocenters. The third-order valence-corrected chi connectivity index (χ3v) is 2.33. The summed E-state index contributed by atoms with van der Waals surface area (Å²) in [7, 11) is 0. The van der Waals surface area contributed by atoms with Crippen LogP contribution in [0.15, 0.2) is 36.4 Å². The molecule has 0 heterocycles. The van der Waals surface area contributed by atoms with Crippen LogP contribution in [-0.4, -0.2) is 23.0 Å². The number of urea groups is 1. The highest BCUT2D eigenvalue weighted by Gasteiger charge is 2.13. The van der Waals surface area contributed by atoms with Crippen molar-refractivity contribution >= 4 is 17.9 Å². The molecule has 1 unspecified atom stereocenters. The van der Waals surface area contributed by atoms with E-state index in [4.69, 9.17) is 5.11 Å². The largest absolute Gasteiger partial charge is 0.478 e. The lowest BCUT2D eigenvalue weighted by Gasteiger charge is -2.14. The van der Waals surface area contributed by atoms with Crippen molar-refractivity contribution in [2.24, 2.45) is 0 Å². The second kappa shape index (κ2) is 7.03. The third kappa shape index (κ3) is 4.89. The molecule has 0 saturated carbocycles. The molecule has 0 aliphatic carbocycles. The Bertz CT molecular complexity index is 557. The Hall–Kier alpha value is -2.70. The Morgan fingerprint density at radius 1 is 1.25 bits per heavy atom. The van der Waals surface area contributed by atoms with Crippen LogP contribution in [0.25, 0.3) is 0 Å². The number of carboxylic acids is 1. The van der Waals surface area contributed by atoms with Gasteiger partial charge in [-0.1, -0.05) is 18.2 Å². The Labute approximate surface area is 114 Å². The van der Waals surface area contributed by atoms with Gasteiger partial charge in [0, 0.05) is 17.7 Å². The summed E-state index contributed by atoms with van der Waals surface area (Å²) in [4.78, 5) is 32.8. The molecule has 20 heavy (non-hydrogen) atoms. The lowest BCUT2D eigenvalue weighted by Crippen LogP contribution is -2.40. The van der Waals surface area contributed by atoms with E-state index in [2.05, 4.69) is 5.32 Å². The van der Waals surface area contributed by atoms with E-state index in [1.807, 2.05) is 5.32 Å². The number of rotatable bonds is 4. The number of hydrogen-bond donors (Lipinski definition) is 3. The van der Waals surface area contributed by atoms with Crippen molar-refractivity contribution in [3.05, 3.63) is 47.8 Å². The first-order chi connectivity index (χ1) is 9.40.